The molecule has 0 aromatic heterocycles. The maximum atomic E-state index is 13.4. The van der Waals surface area contributed by atoms with Gasteiger partial charge in [0.15, 0.2) is 0 Å². The topological polar surface area (TPSA) is 58.2 Å². The maximum Gasteiger partial charge on any atom is 0.246 e. The predicted molar refractivity (Wildman–Crippen MR) is 69.6 cm³/mol. The first-order valence-corrected chi connectivity index (χ1v) is 6.01. The Morgan fingerprint density at radius 3 is 2.05 bits per heavy atom. The van der Waals surface area contributed by atoms with Crippen molar-refractivity contribution in [1.82, 2.24) is 10.6 Å². The molecule has 0 rings (SSSR count). The van der Waals surface area contributed by atoms with Crippen LogP contribution in [-0.2, 0) is 9.59 Å². The summed E-state index contributed by atoms with van der Waals surface area (Å²) in [6, 6.07) is -0.613. The second-order valence-corrected chi connectivity index (χ2v) is 4.60. The lowest BCUT2D eigenvalue weighted by atomic mass is 10.2. The van der Waals surface area contributed by atoms with Gasteiger partial charge in [-0.15, -0.1) is 0 Å². The molecule has 19 heavy (non-hydrogen) atoms. The van der Waals surface area contributed by atoms with Crippen molar-refractivity contribution in [1.29, 1.82) is 0 Å². The molecular weight excluding hydrogens is 254 g/mol. The number of rotatable bonds is 6. The van der Waals surface area contributed by atoms with Crippen LogP contribution in [0.5, 0.6) is 0 Å². The van der Waals surface area contributed by atoms with Gasteiger partial charge in [0.2, 0.25) is 11.8 Å². The zero-order valence-electron chi connectivity index (χ0n) is 11.6. The Morgan fingerprint density at radius 1 is 1.05 bits per heavy atom. The number of hydrogen-bond acceptors (Lipinski definition) is 2. The second-order valence-electron chi connectivity index (χ2n) is 4.60. The van der Waals surface area contributed by atoms with Gasteiger partial charge < -0.3 is 10.6 Å². The molecule has 0 saturated carbocycles. The third-order valence-corrected chi connectivity index (χ3v) is 1.94. The number of halogens is 2. The first-order chi connectivity index (χ1) is 8.70. The second kappa shape index (κ2) is 8.39. The molecule has 0 aliphatic heterocycles. The Bertz CT molecular complexity index is 386. The van der Waals surface area contributed by atoms with E-state index in [0.29, 0.717) is 0 Å². The zero-order chi connectivity index (χ0) is 15.0. The molecule has 0 aromatic rings. The molecule has 108 valence electrons. The summed E-state index contributed by atoms with van der Waals surface area (Å²) in [5, 5.41) is 4.90. The number of hydrogen-bond donors (Lipinski definition) is 2. The summed E-state index contributed by atoms with van der Waals surface area (Å²) < 4.78 is 25.8. The molecule has 1 unspecified atom stereocenters. The van der Waals surface area contributed by atoms with E-state index in [9.17, 15) is 18.4 Å². The van der Waals surface area contributed by atoms with Gasteiger partial charge in [-0.3, -0.25) is 9.59 Å². The highest BCUT2D eigenvalue weighted by Crippen LogP contribution is 2.07. The fourth-order valence-electron chi connectivity index (χ4n) is 1.34. The number of allylic oxidation sites excluding steroid dienone is 1. The lowest BCUT2D eigenvalue weighted by molar-refractivity contribution is -0.117. The van der Waals surface area contributed by atoms with Crippen molar-refractivity contribution in [3.8, 4) is 0 Å². The third-order valence-electron chi connectivity index (χ3n) is 1.94. The SMILES string of the molecule is C/C(F)=C\C(=O)NC(C)C/C(F)=C/C(=O)NC(C)C. The Kier molecular flexibility index (Phi) is 7.63. The summed E-state index contributed by atoms with van der Waals surface area (Å²) in [4.78, 5) is 22.4. The van der Waals surface area contributed by atoms with E-state index in [4.69, 9.17) is 0 Å². The van der Waals surface area contributed by atoms with Crippen molar-refractivity contribution in [2.24, 2.45) is 0 Å². The number of nitrogens with one attached hydrogen (secondary N) is 2. The van der Waals surface area contributed by atoms with Gasteiger partial charge in [-0.05, 0) is 27.7 Å². The smallest absolute Gasteiger partial charge is 0.246 e. The molecule has 0 aromatic carbocycles. The monoisotopic (exact) mass is 274 g/mol. The van der Waals surface area contributed by atoms with Crippen molar-refractivity contribution < 1.29 is 18.4 Å². The van der Waals surface area contributed by atoms with E-state index in [0.717, 1.165) is 19.1 Å². The van der Waals surface area contributed by atoms with Crippen LogP contribution in [0.1, 0.15) is 34.1 Å². The van der Waals surface area contributed by atoms with Gasteiger partial charge in [-0.2, -0.15) is 0 Å². The highest BCUT2D eigenvalue weighted by atomic mass is 19.1. The Labute approximate surface area is 111 Å². The van der Waals surface area contributed by atoms with E-state index in [1.807, 2.05) is 0 Å². The van der Waals surface area contributed by atoms with E-state index in [1.54, 1.807) is 20.8 Å². The van der Waals surface area contributed by atoms with Crippen LogP contribution in [0.15, 0.2) is 23.8 Å². The summed E-state index contributed by atoms with van der Waals surface area (Å²) in [5.74, 6) is -2.43. The molecule has 4 nitrogen and oxygen atoms in total. The standard InChI is InChI=1S/C13H20F2N2O2/c1-8(2)16-13(19)7-11(15)6-10(4)17-12(18)5-9(3)14/h5,7-8,10H,6H2,1-4H3,(H,16,19)(H,17,18)/b9-5+,11-7-. The fourth-order valence-corrected chi connectivity index (χ4v) is 1.34. The summed E-state index contributed by atoms with van der Waals surface area (Å²) in [5.41, 5.74) is 0. The highest BCUT2D eigenvalue weighted by molar-refractivity contribution is 5.88. The molecule has 0 spiro atoms. The molecule has 1 atom stereocenters. The number of amides is 2. The van der Waals surface area contributed by atoms with Gasteiger partial charge in [-0.1, -0.05) is 0 Å². The van der Waals surface area contributed by atoms with Crippen LogP contribution in [0.4, 0.5) is 8.78 Å². The molecule has 0 radical (unpaired) electrons. The molecule has 0 fully saturated rings. The lowest BCUT2D eigenvalue weighted by Gasteiger charge is -2.11. The molecule has 2 N–H and O–H groups in total. The van der Waals surface area contributed by atoms with E-state index in [2.05, 4.69) is 10.6 Å². The molecule has 0 bridgehead atoms. The first-order valence-electron chi connectivity index (χ1n) is 6.01. The predicted octanol–water partition coefficient (Wildman–Crippen LogP) is 2.13. The average Bonchev–Trinajstić information content (AvgIpc) is 2.12. The largest absolute Gasteiger partial charge is 0.350 e. The van der Waals surface area contributed by atoms with E-state index in [1.165, 1.54) is 0 Å². The first kappa shape index (κ1) is 17.3. The summed E-state index contributed by atoms with van der Waals surface area (Å²) >= 11 is 0. The van der Waals surface area contributed by atoms with Gasteiger partial charge in [0.1, 0.15) is 11.7 Å². The summed E-state index contributed by atoms with van der Waals surface area (Å²) in [6.07, 6.45) is 1.50. The Balaban J connectivity index is 4.29. The minimum Gasteiger partial charge on any atom is -0.350 e. The van der Waals surface area contributed by atoms with Crippen molar-refractivity contribution in [2.45, 2.75) is 46.2 Å². The van der Waals surface area contributed by atoms with Crippen molar-refractivity contribution in [3.63, 3.8) is 0 Å². The van der Waals surface area contributed by atoms with Gasteiger partial charge >= 0.3 is 0 Å². The lowest BCUT2D eigenvalue weighted by Crippen LogP contribution is -2.32. The zero-order valence-corrected chi connectivity index (χ0v) is 11.6. The van der Waals surface area contributed by atoms with Crippen LogP contribution in [0.3, 0.4) is 0 Å². The molecule has 0 aliphatic carbocycles. The highest BCUT2D eigenvalue weighted by Gasteiger charge is 2.10. The summed E-state index contributed by atoms with van der Waals surface area (Å²) in [7, 11) is 0. The summed E-state index contributed by atoms with van der Waals surface area (Å²) in [6.45, 7) is 6.23. The fraction of sp³-hybridized carbons (Fsp3) is 0.538. The molecule has 0 aliphatic rings. The Hall–Kier alpha value is -1.72. The molecule has 2 amide bonds. The molecular formula is C13H20F2N2O2. The third kappa shape index (κ3) is 9.93. The van der Waals surface area contributed by atoms with Gasteiger partial charge in [0.25, 0.3) is 0 Å². The van der Waals surface area contributed by atoms with E-state index < -0.39 is 29.5 Å². The van der Waals surface area contributed by atoms with Crippen molar-refractivity contribution >= 4 is 11.8 Å². The van der Waals surface area contributed by atoms with Crippen LogP contribution in [-0.4, -0.2) is 23.9 Å². The quantitative estimate of drug-likeness (QED) is 0.729. The van der Waals surface area contributed by atoms with Gasteiger partial charge in [0, 0.05) is 30.7 Å². The van der Waals surface area contributed by atoms with Crippen molar-refractivity contribution in [3.05, 3.63) is 23.8 Å². The average molecular weight is 274 g/mol. The van der Waals surface area contributed by atoms with Crippen LogP contribution < -0.4 is 10.6 Å². The Morgan fingerprint density at radius 2 is 1.58 bits per heavy atom. The van der Waals surface area contributed by atoms with Crippen LogP contribution in [0, 0.1) is 0 Å². The normalized spacial score (nSPS) is 14.3. The van der Waals surface area contributed by atoms with E-state index >= 15 is 0 Å². The van der Waals surface area contributed by atoms with Gasteiger partial charge in [-0.25, -0.2) is 8.78 Å². The van der Waals surface area contributed by atoms with Crippen LogP contribution in [0.2, 0.25) is 0 Å². The van der Waals surface area contributed by atoms with E-state index in [-0.39, 0.29) is 12.5 Å². The molecule has 6 heteroatoms. The van der Waals surface area contributed by atoms with Crippen LogP contribution >= 0.6 is 0 Å². The maximum absolute atomic E-state index is 13.4. The number of carbonyl (C=O) groups excluding carboxylic acids is 2. The molecule has 0 heterocycles. The van der Waals surface area contributed by atoms with Gasteiger partial charge in [0.05, 0.1) is 0 Å². The minimum atomic E-state index is -0.646. The molecule has 0 saturated heterocycles. The minimum absolute atomic E-state index is 0.0775. The van der Waals surface area contributed by atoms with Crippen molar-refractivity contribution in [2.75, 3.05) is 0 Å². The van der Waals surface area contributed by atoms with Crippen LogP contribution in [0.25, 0.3) is 0 Å². The number of carbonyl (C=O) groups is 2.